The van der Waals surface area contributed by atoms with Crippen LogP contribution in [0.2, 0.25) is 0 Å². The summed E-state index contributed by atoms with van der Waals surface area (Å²) in [7, 11) is 0. The zero-order valence-electron chi connectivity index (χ0n) is 9.24. The number of rotatable bonds is 3. The fourth-order valence-electron chi connectivity index (χ4n) is 1.61. The molecule has 1 heterocycles. The van der Waals surface area contributed by atoms with Crippen molar-refractivity contribution in [2.24, 2.45) is 5.92 Å². The van der Waals surface area contributed by atoms with Gasteiger partial charge in [0.1, 0.15) is 5.75 Å². The molecule has 86 valence electrons. The Bertz CT molecular complexity index is 513. The third kappa shape index (κ3) is 2.20. The smallest absolute Gasteiger partial charge is 0.314 e. The highest BCUT2D eigenvalue weighted by molar-refractivity contribution is 5.77. The Hall–Kier alpha value is -2.10. The van der Waals surface area contributed by atoms with Crippen LogP contribution < -0.4 is 4.74 Å². The van der Waals surface area contributed by atoms with E-state index in [9.17, 15) is 4.79 Å². The SMILES string of the molecule is O=C(Oc1ccc(-n2cccn2)cc1)C1CC1. The van der Waals surface area contributed by atoms with Crippen LogP contribution in [-0.2, 0) is 4.79 Å². The molecule has 1 aromatic carbocycles. The van der Waals surface area contributed by atoms with Crippen LogP contribution >= 0.6 is 0 Å². The first-order valence-electron chi connectivity index (χ1n) is 5.65. The lowest BCUT2D eigenvalue weighted by molar-refractivity contribution is -0.135. The van der Waals surface area contributed by atoms with Crippen LogP contribution in [0, 0.1) is 5.92 Å². The van der Waals surface area contributed by atoms with E-state index in [0.717, 1.165) is 18.5 Å². The van der Waals surface area contributed by atoms with Gasteiger partial charge in [0.25, 0.3) is 0 Å². The number of hydrogen-bond acceptors (Lipinski definition) is 3. The maximum Gasteiger partial charge on any atom is 0.314 e. The summed E-state index contributed by atoms with van der Waals surface area (Å²) in [6, 6.07) is 9.20. The van der Waals surface area contributed by atoms with Gasteiger partial charge < -0.3 is 4.74 Å². The molecule has 1 aliphatic carbocycles. The standard InChI is InChI=1S/C13H12N2O2/c16-13(10-2-3-10)17-12-6-4-11(5-7-12)15-9-1-8-14-15/h1,4-10H,2-3H2. The molecule has 0 saturated heterocycles. The molecule has 17 heavy (non-hydrogen) atoms. The molecule has 1 aliphatic rings. The number of carbonyl (C=O) groups excluding carboxylic acids is 1. The van der Waals surface area contributed by atoms with Gasteiger partial charge in [0, 0.05) is 12.4 Å². The molecule has 0 radical (unpaired) electrons. The molecule has 0 aliphatic heterocycles. The van der Waals surface area contributed by atoms with Crippen LogP contribution in [0.25, 0.3) is 5.69 Å². The highest BCUT2D eigenvalue weighted by atomic mass is 16.5. The number of ether oxygens (including phenoxy) is 1. The summed E-state index contributed by atoms with van der Waals surface area (Å²) in [5, 5.41) is 4.12. The first-order valence-corrected chi connectivity index (χ1v) is 5.65. The predicted octanol–water partition coefficient (Wildman–Crippen LogP) is 2.19. The molecule has 1 saturated carbocycles. The van der Waals surface area contributed by atoms with Gasteiger partial charge in [-0.1, -0.05) is 0 Å². The molecule has 0 spiro atoms. The molecule has 1 aromatic heterocycles. The maximum absolute atomic E-state index is 11.4. The van der Waals surface area contributed by atoms with E-state index in [1.165, 1.54) is 0 Å². The van der Waals surface area contributed by atoms with Gasteiger partial charge in [0.2, 0.25) is 0 Å². The van der Waals surface area contributed by atoms with E-state index in [1.807, 2.05) is 24.4 Å². The number of carbonyl (C=O) groups is 1. The molecule has 3 rings (SSSR count). The first-order chi connectivity index (χ1) is 8.33. The van der Waals surface area contributed by atoms with Crippen molar-refractivity contribution in [3.8, 4) is 11.4 Å². The van der Waals surface area contributed by atoms with Crippen molar-refractivity contribution >= 4 is 5.97 Å². The van der Waals surface area contributed by atoms with Gasteiger partial charge in [-0.05, 0) is 43.2 Å². The van der Waals surface area contributed by atoms with Crippen LogP contribution in [0.15, 0.2) is 42.7 Å². The Morgan fingerprint density at radius 2 is 2.06 bits per heavy atom. The Morgan fingerprint density at radius 3 is 2.65 bits per heavy atom. The monoisotopic (exact) mass is 228 g/mol. The Labute approximate surface area is 98.8 Å². The highest BCUT2D eigenvalue weighted by Crippen LogP contribution is 2.30. The van der Waals surface area contributed by atoms with E-state index in [-0.39, 0.29) is 11.9 Å². The summed E-state index contributed by atoms with van der Waals surface area (Å²) in [4.78, 5) is 11.4. The van der Waals surface area contributed by atoms with Crippen molar-refractivity contribution < 1.29 is 9.53 Å². The van der Waals surface area contributed by atoms with E-state index in [1.54, 1.807) is 23.0 Å². The summed E-state index contributed by atoms with van der Waals surface area (Å²) in [5.74, 6) is 0.607. The lowest BCUT2D eigenvalue weighted by Crippen LogP contribution is -2.09. The van der Waals surface area contributed by atoms with Crippen molar-refractivity contribution in [2.75, 3.05) is 0 Å². The van der Waals surface area contributed by atoms with Crippen molar-refractivity contribution in [1.29, 1.82) is 0 Å². The molecule has 0 unspecified atom stereocenters. The van der Waals surface area contributed by atoms with Gasteiger partial charge in [-0.25, -0.2) is 4.68 Å². The second-order valence-corrected chi connectivity index (χ2v) is 4.14. The van der Waals surface area contributed by atoms with Gasteiger partial charge in [-0.3, -0.25) is 4.79 Å². The Morgan fingerprint density at radius 1 is 1.29 bits per heavy atom. The second kappa shape index (κ2) is 4.05. The third-order valence-electron chi connectivity index (χ3n) is 2.73. The average molecular weight is 228 g/mol. The number of benzene rings is 1. The number of nitrogens with zero attached hydrogens (tertiary/aromatic N) is 2. The van der Waals surface area contributed by atoms with Crippen LogP contribution in [0.4, 0.5) is 0 Å². The second-order valence-electron chi connectivity index (χ2n) is 4.14. The summed E-state index contributed by atoms with van der Waals surface area (Å²) in [5.41, 5.74) is 0.946. The summed E-state index contributed by atoms with van der Waals surface area (Å²) in [6.07, 6.45) is 5.51. The zero-order valence-corrected chi connectivity index (χ0v) is 9.24. The van der Waals surface area contributed by atoms with Crippen LogP contribution in [-0.4, -0.2) is 15.7 Å². The first kappa shape index (κ1) is 10.1. The fraction of sp³-hybridized carbons (Fsp3) is 0.231. The molecular formula is C13H12N2O2. The van der Waals surface area contributed by atoms with Crippen molar-refractivity contribution in [3.63, 3.8) is 0 Å². The predicted molar refractivity (Wildman–Crippen MR) is 61.9 cm³/mol. The number of esters is 1. The fourth-order valence-corrected chi connectivity index (χ4v) is 1.61. The molecule has 4 heteroatoms. The molecule has 0 bridgehead atoms. The molecule has 0 N–H and O–H groups in total. The minimum atomic E-state index is -0.114. The summed E-state index contributed by atoms with van der Waals surface area (Å²) in [6.45, 7) is 0. The highest BCUT2D eigenvalue weighted by Gasteiger charge is 2.31. The number of hydrogen-bond donors (Lipinski definition) is 0. The number of aromatic nitrogens is 2. The normalized spacial score (nSPS) is 14.6. The van der Waals surface area contributed by atoms with E-state index >= 15 is 0 Å². The molecular weight excluding hydrogens is 216 g/mol. The summed E-state index contributed by atoms with van der Waals surface area (Å²) < 4.78 is 7.00. The van der Waals surface area contributed by atoms with E-state index in [2.05, 4.69) is 5.10 Å². The Kier molecular flexibility index (Phi) is 2.40. The van der Waals surface area contributed by atoms with Crippen LogP contribution in [0.5, 0.6) is 5.75 Å². The lowest BCUT2D eigenvalue weighted by atomic mass is 10.3. The minimum absolute atomic E-state index is 0.114. The van der Waals surface area contributed by atoms with Gasteiger partial charge in [0.15, 0.2) is 0 Å². The molecule has 0 atom stereocenters. The lowest BCUT2D eigenvalue weighted by Gasteiger charge is -2.05. The van der Waals surface area contributed by atoms with Crippen molar-refractivity contribution in [3.05, 3.63) is 42.7 Å². The molecule has 0 amide bonds. The van der Waals surface area contributed by atoms with Crippen LogP contribution in [0.1, 0.15) is 12.8 Å². The third-order valence-corrected chi connectivity index (χ3v) is 2.73. The van der Waals surface area contributed by atoms with Gasteiger partial charge in [-0.15, -0.1) is 0 Å². The topological polar surface area (TPSA) is 44.1 Å². The van der Waals surface area contributed by atoms with E-state index in [0.29, 0.717) is 5.75 Å². The van der Waals surface area contributed by atoms with Gasteiger partial charge in [0.05, 0.1) is 11.6 Å². The average Bonchev–Trinajstić information content (AvgIpc) is 3.07. The van der Waals surface area contributed by atoms with Crippen molar-refractivity contribution in [2.45, 2.75) is 12.8 Å². The Balaban J connectivity index is 1.73. The minimum Gasteiger partial charge on any atom is -0.426 e. The molecule has 4 nitrogen and oxygen atoms in total. The maximum atomic E-state index is 11.4. The quantitative estimate of drug-likeness (QED) is 0.597. The van der Waals surface area contributed by atoms with Crippen molar-refractivity contribution in [1.82, 2.24) is 9.78 Å². The van der Waals surface area contributed by atoms with Gasteiger partial charge >= 0.3 is 5.97 Å². The van der Waals surface area contributed by atoms with E-state index < -0.39 is 0 Å². The van der Waals surface area contributed by atoms with Crippen LogP contribution in [0.3, 0.4) is 0 Å². The largest absolute Gasteiger partial charge is 0.426 e. The zero-order chi connectivity index (χ0) is 11.7. The van der Waals surface area contributed by atoms with E-state index in [4.69, 9.17) is 4.74 Å². The van der Waals surface area contributed by atoms with Gasteiger partial charge in [-0.2, -0.15) is 5.10 Å². The molecule has 2 aromatic rings. The molecule has 1 fully saturated rings. The summed E-state index contributed by atoms with van der Waals surface area (Å²) >= 11 is 0.